The number of hydrogen-bond acceptors (Lipinski definition) is 2. The summed E-state index contributed by atoms with van der Waals surface area (Å²) in [6.07, 6.45) is 0.848. The molecule has 0 aliphatic heterocycles. The van der Waals surface area contributed by atoms with Gasteiger partial charge in [0.05, 0.1) is 0 Å². The van der Waals surface area contributed by atoms with E-state index in [4.69, 9.17) is 0 Å². The molecule has 0 spiro atoms. The second-order valence-corrected chi connectivity index (χ2v) is 5.10. The molecular weight excluding hydrogens is 260 g/mol. The van der Waals surface area contributed by atoms with E-state index in [9.17, 15) is 4.79 Å². The maximum absolute atomic E-state index is 12.4. The summed E-state index contributed by atoms with van der Waals surface area (Å²) in [4.78, 5) is 12.4. The predicted octanol–water partition coefficient (Wildman–Crippen LogP) is 3.78. The summed E-state index contributed by atoms with van der Waals surface area (Å²) in [5, 5.41) is 6.18. The van der Waals surface area contributed by atoms with Gasteiger partial charge in [0.1, 0.15) is 0 Å². The van der Waals surface area contributed by atoms with E-state index in [1.165, 1.54) is 0 Å². The minimum atomic E-state index is -0.0540. The fourth-order valence-electron chi connectivity index (χ4n) is 2.30. The molecule has 1 atom stereocenters. The van der Waals surface area contributed by atoms with Gasteiger partial charge in [-0.25, -0.2) is 0 Å². The lowest BCUT2D eigenvalue weighted by molar-refractivity contribution is 0.102. The Bertz CT molecular complexity index is 622. The van der Waals surface area contributed by atoms with Crippen molar-refractivity contribution in [2.75, 3.05) is 12.4 Å². The summed E-state index contributed by atoms with van der Waals surface area (Å²) in [5.41, 5.74) is 3.78. The minimum absolute atomic E-state index is 0.0540. The van der Waals surface area contributed by atoms with Crippen molar-refractivity contribution in [3.63, 3.8) is 0 Å². The summed E-state index contributed by atoms with van der Waals surface area (Å²) in [7, 11) is 1.92. The van der Waals surface area contributed by atoms with Crippen LogP contribution in [0, 0.1) is 0 Å². The quantitative estimate of drug-likeness (QED) is 0.876. The Morgan fingerprint density at radius 1 is 1.14 bits per heavy atom. The Morgan fingerprint density at radius 3 is 2.62 bits per heavy atom. The molecule has 2 N–H and O–H groups in total. The smallest absolute Gasteiger partial charge is 0.255 e. The summed E-state index contributed by atoms with van der Waals surface area (Å²) >= 11 is 0. The van der Waals surface area contributed by atoms with Crippen LogP contribution in [0.4, 0.5) is 5.69 Å². The molecule has 0 saturated heterocycles. The molecule has 1 unspecified atom stereocenters. The highest BCUT2D eigenvalue weighted by molar-refractivity contribution is 6.05. The van der Waals surface area contributed by atoms with Crippen LogP contribution in [-0.2, 0) is 6.42 Å². The van der Waals surface area contributed by atoms with Crippen molar-refractivity contribution in [3.05, 3.63) is 65.2 Å². The first-order valence-electron chi connectivity index (χ1n) is 7.32. The molecule has 21 heavy (non-hydrogen) atoms. The zero-order valence-corrected chi connectivity index (χ0v) is 12.8. The first-order chi connectivity index (χ1) is 10.2. The molecule has 0 heterocycles. The van der Waals surface area contributed by atoms with Gasteiger partial charge < -0.3 is 10.6 Å². The largest absolute Gasteiger partial charge is 0.322 e. The molecule has 2 aromatic carbocycles. The Hall–Kier alpha value is -2.13. The van der Waals surface area contributed by atoms with Crippen molar-refractivity contribution in [2.24, 2.45) is 0 Å². The van der Waals surface area contributed by atoms with E-state index in [0.717, 1.165) is 28.8 Å². The van der Waals surface area contributed by atoms with E-state index in [0.29, 0.717) is 0 Å². The molecule has 2 aromatic rings. The fraction of sp³-hybridized carbons (Fsp3) is 0.278. The average molecular weight is 282 g/mol. The van der Waals surface area contributed by atoms with Crippen LogP contribution in [0.5, 0.6) is 0 Å². The van der Waals surface area contributed by atoms with E-state index in [2.05, 4.69) is 30.5 Å². The van der Waals surface area contributed by atoms with Crippen LogP contribution < -0.4 is 10.6 Å². The molecular formula is C18H22N2O. The van der Waals surface area contributed by atoms with Gasteiger partial charge in [-0.2, -0.15) is 0 Å². The molecule has 0 aliphatic carbocycles. The fourth-order valence-corrected chi connectivity index (χ4v) is 2.30. The zero-order valence-electron chi connectivity index (χ0n) is 12.8. The van der Waals surface area contributed by atoms with Gasteiger partial charge in [0, 0.05) is 17.3 Å². The van der Waals surface area contributed by atoms with Crippen LogP contribution in [0.25, 0.3) is 0 Å². The van der Waals surface area contributed by atoms with Crippen molar-refractivity contribution < 1.29 is 4.79 Å². The molecule has 0 aromatic heterocycles. The lowest BCUT2D eigenvalue weighted by atomic mass is 10.0. The Kier molecular flexibility index (Phi) is 5.12. The average Bonchev–Trinajstić information content (AvgIpc) is 2.54. The van der Waals surface area contributed by atoms with E-state index < -0.39 is 0 Å². The highest BCUT2D eigenvalue weighted by Crippen LogP contribution is 2.18. The van der Waals surface area contributed by atoms with Crippen LogP contribution in [0.2, 0.25) is 0 Å². The second kappa shape index (κ2) is 7.04. The Morgan fingerprint density at radius 2 is 1.90 bits per heavy atom. The molecule has 2 rings (SSSR count). The number of rotatable bonds is 5. The molecule has 110 valence electrons. The van der Waals surface area contributed by atoms with E-state index in [1.54, 1.807) is 0 Å². The van der Waals surface area contributed by atoms with Gasteiger partial charge >= 0.3 is 0 Å². The summed E-state index contributed by atoms with van der Waals surface area (Å²) in [5.74, 6) is -0.0540. The molecule has 0 fully saturated rings. The van der Waals surface area contributed by atoms with Gasteiger partial charge in [-0.15, -0.1) is 0 Å². The first kappa shape index (κ1) is 15.3. The van der Waals surface area contributed by atoms with Crippen molar-refractivity contribution in [2.45, 2.75) is 26.3 Å². The van der Waals surface area contributed by atoms with Crippen molar-refractivity contribution >= 4 is 11.6 Å². The Labute approximate surface area is 126 Å². The maximum atomic E-state index is 12.4. The van der Waals surface area contributed by atoms with Crippen LogP contribution >= 0.6 is 0 Å². The standard InChI is InChI=1S/C18H22N2O/c1-4-14-8-5-6-11-17(14)18(21)20-16-10-7-9-15(12-16)13(2)19-3/h5-13,19H,4H2,1-3H3,(H,20,21). The van der Waals surface area contributed by atoms with Gasteiger partial charge in [0.25, 0.3) is 5.91 Å². The first-order valence-corrected chi connectivity index (χ1v) is 7.32. The third-order valence-corrected chi connectivity index (χ3v) is 3.72. The van der Waals surface area contributed by atoms with Crippen molar-refractivity contribution in [1.29, 1.82) is 0 Å². The van der Waals surface area contributed by atoms with Crippen LogP contribution in [0.1, 0.15) is 41.4 Å². The number of nitrogens with one attached hydrogen (secondary N) is 2. The third kappa shape index (κ3) is 3.70. The number of carbonyl (C=O) groups excluding carboxylic acids is 1. The van der Waals surface area contributed by atoms with Crippen molar-refractivity contribution in [3.8, 4) is 0 Å². The lowest BCUT2D eigenvalue weighted by Gasteiger charge is -2.13. The lowest BCUT2D eigenvalue weighted by Crippen LogP contribution is -2.15. The molecule has 0 aliphatic rings. The van der Waals surface area contributed by atoms with Crippen LogP contribution in [0.15, 0.2) is 48.5 Å². The molecule has 3 nitrogen and oxygen atoms in total. The van der Waals surface area contributed by atoms with Gasteiger partial charge in [-0.3, -0.25) is 4.79 Å². The molecule has 0 bridgehead atoms. The van der Waals surface area contributed by atoms with Crippen LogP contribution in [0.3, 0.4) is 0 Å². The van der Waals surface area contributed by atoms with Gasteiger partial charge in [0.2, 0.25) is 0 Å². The number of amides is 1. The molecule has 0 saturated carbocycles. The maximum Gasteiger partial charge on any atom is 0.255 e. The SMILES string of the molecule is CCc1ccccc1C(=O)Nc1cccc(C(C)NC)c1. The highest BCUT2D eigenvalue weighted by atomic mass is 16.1. The third-order valence-electron chi connectivity index (χ3n) is 3.72. The molecule has 3 heteroatoms. The normalized spacial score (nSPS) is 12.0. The topological polar surface area (TPSA) is 41.1 Å². The number of aryl methyl sites for hydroxylation is 1. The van der Waals surface area contributed by atoms with Gasteiger partial charge in [0.15, 0.2) is 0 Å². The van der Waals surface area contributed by atoms with Gasteiger partial charge in [-0.1, -0.05) is 37.3 Å². The summed E-state index contributed by atoms with van der Waals surface area (Å²) in [6.45, 7) is 4.15. The highest BCUT2D eigenvalue weighted by Gasteiger charge is 2.10. The van der Waals surface area contributed by atoms with E-state index in [-0.39, 0.29) is 11.9 Å². The monoisotopic (exact) mass is 282 g/mol. The zero-order chi connectivity index (χ0) is 15.2. The summed E-state index contributed by atoms with van der Waals surface area (Å²) < 4.78 is 0. The number of carbonyl (C=O) groups is 1. The number of hydrogen-bond donors (Lipinski definition) is 2. The van der Waals surface area contributed by atoms with E-state index >= 15 is 0 Å². The van der Waals surface area contributed by atoms with Crippen LogP contribution in [-0.4, -0.2) is 13.0 Å². The number of benzene rings is 2. The Balaban J connectivity index is 2.20. The molecule has 0 radical (unpaired) electrons. The minimum Gasteiger partial charge on any atom is -0.322 e. The number of anilines is 1. The second-order valence-electron chi connectivity index (χ2n) is 5.10. The van der Waals surface area contributed by atoms with Gasteiger partial charge in [-0.05, 0) is 49.7 Å². The van der Waals surface area contributed by atoms with Crippen molar-refractivity contribution in [1.82, 2.24) is 5.32 Å². The van der Waals surface area contributed by atoms with E-state index in [1.807, 2.05) is 49.5 Å². The molecule has 1 amide bonds. The summed E-state index contributed by atoms with van der Waals surface area (Å²) in [6, 6.07) is 15.9. The predicted molar refractivity (Wildman–Crippen MR) is 87.7 cm³/mol.